The Kier molecular flexibility index (Phi) is 24.0. The molecule has 2 aliphatic rings. The molecule has 0 N–H and O–H groups in total. The second kappa shape index (κ2) is 32.5. The zero-order valence-electron chi connectivity index (χ0n) is 53.9. The first-order chi connectivity index (χ1) is 43.5. The number of aryl methyl sites for hydroxylation is 2. The molecule has 5 aromatic carbocycles. The molecule has 6 heteroatoms. The van der Waals surface area contributed by atoms with Crippen molar-refractivity contribution in [2.24, 2.45) is 0 Å². The molecule has 0 radical (unpaired) electrons. The fourth-order valence-corrected chi connectivity index (χ4v) is 20.3. The maximum atomic E-state index is 4.14. The van der Waals surface area contributed by atoms with Crippen LogP contribution in [0.3, 0.4) is 0 Å². The third kappa shape index (κ3) is 14.3. The molecular weight excluding hydrogens is 1130 g/mol. The predicted molar refractivity (Wildman–Crippen MR) is 399 cm³/mol. The standard InChI is InChI=1S/C82H100B2S4/c1-3-5-7-9-11-13-15-17-19-21-23-25-27-29-31-33-35-61-37-45-65(46-38-61)81(66-47-39-62(40-48-66)36-34-32-30-28-26-24-22-20-18-16-14-12-10-8-6-4-2)71-53-55-85-77(71)79-75(81)69-57-74-70(58-73(69)87-79)76-80(88-74)78-72(54-56-86-78)82(76,67-49-41-63(59-83)42-50-67)68-51-43-64(60-84)44-52-68/h37-60,83-84H,3-36H2,1-2H3. The second-order valence-corrected chi connectivity index (χ2v) is 30.4. The number of thiophene rings is 4. The third-order valence-electron chi connectivity index (χ3n) is 20.4. The van der Waals surface area contributed by atoms with E-state index in [1.165, 1.54) is 301 Å². The molecule has 0 spiro atoms. The van der Waals surface area contributed by atoms with Crippen molar-refractivity contribution in [2.75, 3.05) is 0 Å². The minimum absolute atomic E-state index is 0.430. The van der Waals surface area contributed by atoms with Crippen LogP contribution in [0.2, 0.25) is 0 Å². The van der Waals surface area contributed by atoms with Gasteiger partial charge in [0.25, 0.3) is 0 Å². The van der Waals surface area contributed by atoms with Crippen molar-refractivity contribution in [3.63, 3.8) is 0 Å². The Morgan fingerprint density at radius 3 is 0.875 bits per heavy atom. The van der Waals surface area contributed by atoms with E-state index in [0.717, 1.165) is 24.0 Å². The summed E-state index contributed by atoms with van der Waals surface area (Å²) in [5.41, 5.74) is 15.5. The summed E-state index contributed by atoms with van der Waals surface area (Å²) in [6.45, 7) is 4.63. The van der Waals surface area contributed by atoms with Crippen LogP contribution >= 0.6 is 45.3 Å². The Bertz CT molecular complexity index is 3470. The van der Waals surface area contributed by atoms with Gasteiger partial charge in [0.2, 0.25) is 0 Å². The summed E-state index contributed by atoms with van der Waals surface area (Å²) in [7, 11) is 8.27. The molecular formula is C82H100B2S4. The van der Waals surface area contributed by atoms with Crippen molar-refractivity contribution in [3.05, 3.63) is 199 Å². The van der Waals surface area contributed by atoms with Crippen molar-refractivity contribution in [3.8, 4) is 19.5 Å². The number of benzene rings is 5. The zero-order chi connectivity index (χ0) is 60.4. The van der Waals surface area contributed by atoms with Gasteiger partial charge in [-0.3, -0.25) is 0 Å². The first-order valence-corrected chi connectivity index (χ1v) is 38.8. The van der Waals surface area contributed by atoms with Crippen LogP contribution < -0.4 is 0 Å². The molecule has 0 bridgehead atoms. The summed E-state index contributed by atoms with van der Waals surface area (Å²) in [6, 6.07) is 48.7. The molecule has 0 fully saturated rings. The van der Waals surface area contributed by atoms with Crippen molar-refractivity contribution < 1.29 is 0 Å². The molecule has 0 unspecified atom stereocenters. The molecule has 0 saturated heterocycles. The SMILES string of the molecule is B=Cc1ccc(C2(c3ccc(C=B)cc3)c3ccsc3-c3sc4cc5c6c(sc5cc4c32)-c2sccc2C6(c2ccc(CCCCCCCCCCCCCCCCCC)cc2)c2ccc(CCCCCCCCCCCCCCCCCC)cc2)cc1. The van der Waals surface area contributed by atoms with E-state index in [9.17, 15) is 0 Å². The van der Waals surface area contributed by atoms with E-state index in [0.29, 0.717) is 0 Å². The van der Waals surface area contributed by atoms with Gasteiger partial charge in [0, 0.05) is 4.88 Å². The van der Waals surface area contributed by atoms with Gasteiger partial charge >= 0.3 is 212 Å². The number of fused-ring (bicyclic) bond motifs is 10. The topological polar surface area (TPSA) is 0 Å². The molecule has 2 aliphatic carbocycles. The van der Waals surface area contributed by atoms with Crippen molar-refractivity contribution in [2.45, 2.75) is 243 Å². The van der Waals surface area contributed by atoms with E-state index in [2.05, 4.69) is 161 Å². The fourth-order valence-electron chi connectivity index (χ4n) is 15.4. The molecule has 4 aromatic heterocycles. The van der Waals surface area contributed by atoms with Gasteiger partial charge in [-0.15, -0.1) is 11.3 Å². The minimum atomic E-state index is -0.470. The average Bonchev–Trinajstić information content (AvgIpc) is 1.54. The molecule has 0 saturated carbocycles. The Morgan fingerprint density at radius 2 is 0.591 bits per heavy atom. The summed E-state index contributed by atoms with van der Waals surface area (Å²) >= 11 is 7.89. The average molecular weight is 1240 g/mol. The van der Waals surface area contributed by atoms with Crippen molar-refractivity contribution in [1.29, 1.82) is 0 Å². The molecule has 11 rings (SSSR count). The number of hydrogen-bond acceptors (Lipinski definition) is 4. The van der Waals surface area contributed by atoms with Gasteiger partial charge in [-0.1, -0.05) is 255 Å². The quantitative estimate of drug-likeness (QED) is 0.0265. The monoisotopic (exact) mass is 1230 g/mol. The van der Waals surface area contributed by atoms with Gasteiger partial charge in [-0.05, 0) is 64.9 Å². The Morgan fingerprint density at radius 1 is 0.318 bits per heavy atom. The van der Waals surface area contributed by atoms with Crippen LogP contribution in [0.15, 0.2) is 132 Å². The molecule has 0 aliphatic heterocycles. The van der Waals surface area contributed by atoms with E-state index in [1.807, 2.05) is 57.3 Å². The molecule has 0 amide bonds. The van der Waals surface area contributed by atoms with Crippen LogP contribution in [0.4, 0.5) is 0 Å². The molecule has 4 heterocycles. The molecule has 0 nitrogen and oxygen atoms in total. The van der Waals surface area contributed by atoms with Crippen LogP contribution in [-0.2, 0) is 23.7 Å². The van der Waals surface area contributed by atoms with Crippen molar-refractivity contribution >= 4 is 92.4 Å². The molecule has 88 heavy (non-hydrogen) atoms. The summed E-state index contributed by atoms with van der Waals surface area (Å²) in [5.74, 6) is 3.93. The summed E-state index contributed by atoms with van der Waals surface area (Å²) in [5, 5.41) is 7.48. The van der Waals surface area contributed by atoms with E-state index in [4.69, 9.17) is 0 Å². The van der Waals surface area contributed by atoms with Gasteiger partial charge in [0.05, 0.1) is 5.41 Å². The maximum absolute atomic E-state index is 4.14. The number of unbranched alkanes of at least 4 members (excludes halogenated alkanes) is 30. The molecule has 9 aromatic rings. The van der Waals surface area contributed by atoms with Gasteiger partial charge in [0.1, 0.15) is 0 Å². The second-order valence-electron chi connectivity index (χ2n) is 26.4. The van der Waals surface area contributed by atoms with E-state index in [1.54, 1.807) is 0 Å². The number of rotatable bonds is 40. The van der Waals surface area contributed by atoms with E-state index >= 15 is 0 Å². The molecule has 458 valence electrons. The molecule has 0 atom stereocenters. The Hall–Kier alpha value is -4.71. The zero-order valence-corrected chi connectivity index (χ0v) is 57.2. The fraction of sp³-hybridized carbons (Fsp3) is 0.463. The predicted octanol–water partition coefficient (Wildman–Crippen LogP) is 24.7. The van der Waals surface area contributed by atoms with Gasteiger partial charge in [-0.2, -0.15) is 0 Å². The first kappa shape index (κ1) is 64.8. The van der Waals surface area contributed by atoms with Crippen LogP contribution in [0, 0.1) is 0 Å². The van der Waals surface area contributed by atoms with Gasteiger partial charge in [0.15, 0.2) is 0 Å². The Balaban J connectivity index is 0.837. The van der Waals surface area contributed by atoms with E-state index < -0.39 is 10.8 Å². The van der Waals surface area contributed by atoms with Crippen LogP contribution in [-0.4, -0.2) is 26.9 Å². The summed E-state index contributed by atoms with van der Waals surface area (Å²) in [4.78, 5) is 5.72. The van der Waals surface area contributed by atoms with E-state index in [-0.39, 0.29) is 0 Å². The number of hydrogen-bond donors (Lipinski definition) is 0. The van der Waals surface area contributed by atoms with Crippen LogP contribution in [0.5, 0.6) is 0 Å². The summed E-state index contributed by atoms with van der Waals surface area (Å²) in [6.07, 6.45) is 47.3. The van der Waals surface area contributed by atoms with Crippen molar-refractivity contribution in [1.82, 2.24) is 0 Å². The third-order valence-corrected chi connectivity index (χ3v) is 24.8. The summed E-state index contributed by atoms with van der Waals surface area (Å²) < 4.78 is 2.76. The van der Waals surface area contributed by atoms with Gasteiger partial charge in [-0.25, -0.2) is 0 Å². The van der Waals surface area contributed by atoms with Crippen LogP contribution in [0.1, 0.15) is 286 Å². The van der Waals surface area contributed by atoms with Gasteiger partial charge < -0.3 is 0 Å². The normalized spacial score (nSPS) is 14.6. The first-order valence-electron chi connectivity index (χ1n) is 35.4. The Labute approximate surface area is 549 Å². The van der Waals surface area contributed by atoms with Crippen LogP contribution in [0.25, 0.3) is 39.7 Å².